The molecular weight excluding hydrogens is 264 g/mol. The van der Waals surface area contributed by atoms with Gasteiger partial charge in [0.25, 0.3) is 0 Å². The Labute approximate surface area is 116 Å². The summed E-state index contributed by atoms with van der Waals surface area (Å²) in [5.74, 6) is 2.93. The molecule has 1 saturated heterocycles. The normalized spacial score (nSPS) is 18.8. The van der Waals surface area contributed by atoms with Crippen molar-refractivity contribution in [2.75, 3.05) is 29.0 Å². The van der Waals surface area contributed by atoms with Gasteiger partial charge in [-0.2, -0.15) is 11.8 Å². The van der Waals surface area contributed by atoms with Crippen LogP contribution in [0.3, 0.4) is 0 Å². The minimum absolute atomic E-state index is 0.0498. The lowest BCUT2D eigenvalue weighted by Gasteiger charge is -2.10. The van der Waals surface area contributed by atoms with E-state index in [0.717, 1.165) is 29.5 Å². The number of aryl methyl sites for hydroxylation is 1. The molecule has 3 nitrogen and oxygen atoms in total. The second-order valence-corrected chi connectivity index (χ2v) is 6.22. The average molecular weight is 282 g/mol. The second-order valence-electron chi connectivity index (χ2n) is 4.20. The lowest BCUT2D eigenvalue weighted by Crippen LogP contribution is -2.37. The predicted molar refractivity (Wildman–Crippen MR) is 81.4 cm³/mol. The van der Waals surface area contributed by atoms with Crippen LogP contribution in [0.5, 0.6) is 0 Å². The Kier molecular flexibility index (Phi) is 5.41. The average Bonchev–Trinajstić information content (AvgIpc) is 2.92. The van der Waals surface area contributed by atoms with Crippen molar-refractivity contribution in [2.45, 2.75) is 12.5 Å². The number of hydrogen-bond donors (Lipinski definition) is 2. The summed E-state index contributed by atoms with van der Waals surface area (Å²) >= 11 is 3.61. The Morgan fingerprint density at radius 1 is 1.50 bits per heavy atom. The summed E-state index contributed by atoms with van der Waals surface area (Å²) in [6.07, 6.45) is 3.19. The molecule has 0 aliphatic carbocycles. The van der Waals surface area contributed by atoms with Gasteiger partial charge in [0.1, 0.15) is 0 Å². The van der Waals surface area contributed by atoms with Crippen LogP contribution in [0.25, 0.3) is 0 Å². The van der Waals surface area contributed by atoms with Crippen molar-refractivity contribution in [3.63, 3.8) is 0 Å². The summed E-state index contributed by atoms with van der Waals surface area (Å²) in [7, 11) is 0. The summed E-state index contributed by atoms with van der Waals surface area (Å²) in [5.41, 5.74) is 2.20. The first-order valence-corrected chi connectivity index (χ1v) is 8.54. The highest BCUT2D eigenvalue weighted by atomic mass is 32.2. The molecule has 1 fully saturated rings. The van der Waals surface area contributed by atoms with Gasteiger partial charge in [0.15, 0.2) is 0 Å². The van der Waals surface area contributed by atoms with Crippen molar-refractivity contribution in [2.24, 2.45) is 0 Å². The molecule has 18 heavy (non-hydrogen) atoms. The molecule has 1 aliphatic heterocycles. The summed E-state index contributed by atoms with van der Waals surface area (Å²) < 4.78 is 0. The molecular formula is C13H18N2OS2. The summed E-state index contributed by atoms with van der Waals surface area (Å²) in [6.45, 7) is 0. The van der Waals surface area contributed by atoms with E-state index in [1.807, 2.05) is 23.9 Å². The molecule has 0 bridgehead atoms. The molecule has 1 amide bonds. The minimum atomic E-state index is -0.0498. The molecule has 5 heteroatoms. The number of hydrogen-bond acceptors (Lipinski definition) is 4. The molecule has 1 aliphatic rings. The van der Waals surface area contributed by atoms with Gasteiger partial charge in [-0.15, -0.1) is 11.8 Å². The molecule has 1 atom stereocenters. The molecule has 0 aromatic heterocycles. The van der Waals surface area contributed by atoms with Crippen molar-refractivity contribution in [3.8, 4) is 0 Å². The van der Waals surface area contributed by atoms with Crippen molar-refractivity contribution < 1.29 is 4.79 Å². The van der Waals surface area contributed by atoms with E-state index in [2.05, 4.69) is 29.0 Å². The monoisotopic (exact) mass is 282 g/mol. The van der Waals surface area contributed by atoms with Crippen molar-refractivity contribution in [1.82, 2.24) is 5.32 Å². The summed E-state index contributed by atoms with van der Waals surface area (Å²) in [5, 5.41) is 6.11. The quantitative estimate of drug-likeness (QED) is 0.868. The van der Waals surface area contributed by atoms with Crippen LogP contribution in [-0.4, -0.2) is 35.6 Å². The Balaban J connectivity index is 1.87. The second kappa shape index (κ2) is 7.07. The zero-order valence-corrected chi connectivity index (χ0v) is 12.1. The molecule has 1 aromatic rings. The molecule has 98 valence electrons. The Hall–Kier alpha value is -0.650. The van der Waals surface area contributed by atoms with Gasteiger partial charge in [0.05, 0.1) is 6.04 Å². The zero-order chi connectivity index (χ0) is 12.8. The fourth-order valence-electron chi connectivity index (χ4n) is 1.77. The lowest BCUT2D eigenvalue weighted by molar-refractivity contribution is -0.117. The van der Waals surface area contributed by atoms with Gasteiger partial charge in [0, 0.05) is 17.3 Å². The van der Waals surface area contributed by atoms with Gasteiger partial charge in [0.2, 0.25) is 5.91 Å². The molecule has 1 unspecified atom stereocenters. The SMILES string of the molecule is CSCCc1ccc(NC(=O)C2CSCN2)cc1. The third kappa shape index (κ3) is 3.93. The number of rotatable bonds is 5. The largest absolute Gasteiger partial charge is 0.325 e. The molecule has 2 N–H and O–H groups in total. The molecule has 0 radical (unpaired) electrons. The number of amides is 1. The van der Waals surface area contributed by atoms with Crippen LogP contribution in [-0.2, 0) is 11.2 Å². The van der Waals surface area contributed by atoms with E-state index in [4.69, 9.17) is 0 Å². The number of carbonyl (C=O) groups excluding carboxylic acids is 1. The maximum absolute atomic E-state index is 11.9. The van der Waals surface area contributed by atoms with E-state index >= 15 is 0 Å². The van der Waals surface area contributed by atoms with Gasteiger partial charge in [-0.25, -0.2) is 0 Å². The standard InChI is InChI=1S/C13H18N2OS2/c1-17-7-6-10-2-4-11(5-3-10)15-13(16)12-8-18-9-14-12/h2-5,12,14H,6-9H2,1H3,(H,15,16). The third-order valence-corrected chi connectivity index (χ3v) is 4.40. The van der Waals surface area contributed by atoms with Crippen molar-refractivity contribution in [1.29, 1.82) is 0 Å². The van der Waals surface area contributed by atoms with E-state index < -0.39 is 0 Å². The zero-order valence-electron chi connectivity index (χ0n) is 10.4. The van der Waals surface area contributed by atoms with Gasteiger partial charge in [-0.05, 0) is 36.1 Å². The predicted octanol–water partition coefficient (Wildman–Crippen LogP) is 2.19. The van der Waals surface area contributed by atoms with Crippen LogP contribution in [0.1, 0.15) is 5.56 Å². The van der Waals surface area contributed by atoms with E-state index in [-0.39, 0.29) is 11.9 Å². The number of anilines is 1. The van der Waals surface area contributed by atoms with Crippen LogP contribution in [0.2, 0.25) is 0 Å². The Morgan fingerprint density at radius 2 is 2.28 bits per heavy atom. The fraction of sp³-hybridized carbons (Fsp3) is 0.462. The third-order valence-electron chi connectivity index (χ3n) is 2.85. The highest BCUT2D eigenvalue weighted by Crippen LogP contribution is 2.14. The van der Waals surface area contributed by atoms with E-state index in [9.17, 15) is 4.79 Å². The highest BCUT2D eigenvalue weighted by Gasteiger charge is 2.22. The van der Waals surface area contributed by atoms with E-state index in [0.29, 0.717) is 0 Å². The lowest BCUT2D eigenvalue weighted by atomic mass is 10.1. The van der Waals surface area contributed by atoms with E-state index in [1.165, 1.54) is 5.56 Å². The maximum atomic E-state index is 11.9. The highest BCUT2D eigenvalue weighted by molar-refractivity contribution is 7.99. The minimum Gasteiger partial charge on any atom is -0.325 e. The number of nitrogens with one attached hydrogen (secondary N) is 2. The van der Waals surface area contributed by atoms with Gasteiger partial charge in [-0.3, -0.25) is 10.1 Å². The Bertz CT molecular complexity index is 388. The van der Waals surface area contributed by atoms with Crippen molar-refractivity contribution >= 4 is 35.1 Å². The van der Waals surface area contributed by atoms with Crippen molar-refractivity contribution in [3.05, 3.63) is 29.8 Å². The molecule has 0 saturated carbocycles. The smallest absolute Gasteiger partial charge is 0.242 e. The summed E-state index contributed by atoms with van der Waals surface area (Å²) in [6, 6.07) is 8.09. The van der Waals surface area contributed by atoms with Crippen LogP contribution < -0.4 is 10.6 Å². The molecule has 0 spiro atoms. The first-order valence-electron chi connectivity index (χ1n) is 5.99. The molecule has 2 rings (SSSR count). The summed E-state index contributed by atoms with van der Waals surface area (Å²) in [4.78, 5) is 11.9. The number of carbonyl (C=O) groups is 1. The molecule has 1 aromatic carbocycles. The fourth-order valence-corrected chi connectivity index (χ4v) is 3.15. The number of benzene rings is 1. The first-order chi connectivity index (χ1) is 8.79. The maximum Gasteiger partial charge on any atom is 0.242 e. The van der Waals surface area contributed by atoms with Crippen LogP contribution in [0, 0.1) is 0 Å². The first kappa shape index (κ1) is 13.8. The van der Waals surface area contributed by atoms with Crippen LogP contribution in [0.4, 0.5) is 5.69 Å². The number of thioether (sulfide) groups is 2. The topological polar surface area (TPSA) is 41.1 Å². The van der Waals surface area contributed by atoms with Crippen LogP contribution in [0.15, 0.2) is 24.3 Å². The van der Waals surface area contributed by atoms with Gasteiger partial charge < -0.3 is 5.32 Å². The molecule has 1 heterocycles. The van der Waals surface area contributed by atoms with Gasteiger partial charge >= 0.3 is 0 Å². The van der Waals surface area contributed by atoms with Gasteiger partial charge in [-0.1, -0.05) is 12.1 Å². The van der Waals surface area contributed by atoms with E-state index in [1.54, 1.807) is 11.8 Å². The Morgan fingerprint density at radius 3 is 2.89 bits per heavy atom. The van der Waals surface area contributed by atoms with Crippen LogP contribution >= 0.6 is 23.5 Å².